The van der Waals surface area contributed by atoms with Gasteiger partial charge < -0.3 is 14.4 Å². The number of halogens is 1. The van der Waals surface area contributed by atoms with Gasteiger partial charge in [-0.15, -0.1) is 22.0 Å². The summed E-state index contributed by atoms with van der Waals surface area (Å²) in [5.41, 5.74) is 1.59. The molecule has 158 valence electrons. The lowest BCUT2D eigenvalue weighted by Gasteiger charge is -2.13. The van der Waals surface area contributed by atoms with E-state index in [9.17, 15) is 4.79 Å². The first kappa shape index (κ1) is 21.2. The normalized spacial score (nSPS) is 21.1. The van der Waals surface area contributed by atoms with E-state index in [1.807, 2.05) is 24.6 Å². The second-order valence-electron chi connectivity index (χ2n) is 7.00. The van der Waals surface area contributed by atoms with Crippen molar-refractivity contribution in [3.8, 4) is 0 Å². The Morgan fingerprint density at radius 1 is 1.37 bits per heavy atom. The molecule has 1 saturated heterocycles. The molecule has 8 nitrogen and oxygen atoms in total. The number of aryl methyl sites for hydroxylation is 1. The monoisotopic (exact) mass is 464 g/mol. The lowest BCUT2D eigenvalue weighted by molar-refractivity contribution is -0.113. The number of rotatable bonds is 6. The van der Waals surface area contributed by atoms with Crippen LogP contribution in [-0.2, 0) is 11.8 Å². The van der Waals surface area contributed by atoms with Crippen LogP contribution in [0.15, 0.2) is 40.0 Å². The molecule has 3 heterocycles. The van der Waals surface area contributed by atoms with Crippen molar-refractivity contribution >= 4 is 46.7 Å². The highest BCUT2D eigenvalue weighted by atomic mass is 35.5. The van der Waals surface area contributed by atoms with Gasteiger partial charge in [0.1, 0.15) is 22.7 Å². The van der Waals surface area contributed by atoms with E-state index >= 15 is 0 Å². The van der Waals surface area contributed by atoms with Crippen molar-refractivity contribution in [3.63, 3.8) is 0 Å². The average molecular weight is 465 g/mol. The van der Waals surface area contributed by atoms with Gasteiger partial charge in [0.25, 0.3) is 0 Å². The second-order valence-corrected chi connectivity index (χ2v) is 9.63. The fourth-order valence-corrected chi connectivity index (χ4v) is 5.46. The molecule has 4 rings (SSSR count). The number of hydrogen-bond donors (Lipinski definition) is 2. The lowest BCUT2D eigenvalue weighted by Crippen LogP contribution is -2.25. The van der Waals surface area contributed by atoms with Crippen LogP contribution in [0.4, 0.5) is 5.69 Å². The highest BCUT2D eigenvalue weighted by molar-refractivity contribution is 8.00. The maximum Gasteiger partial charge on any atom is 0.234 e. The summed E-state index contributed by atoms with van der Waals surface area (Å²) < 4.78 is 7.15. The molecule has 1 amide bonds. The van der Waals surface area contributed by atoms with Gasteiger partial charge in [0, 0.05) is 29.9 Å². The van der Waals surface area contributed by atoms with Gasteiger partial charge in [-0.3, -0.25) is 10.1 Å². The second kappa shape index (κ2) is 9.01. The maximum atomic E-state index is 12.2. The molecular formula is C19H21ClN6O2S2. The van der Waals surface area contributed by atoms with E-state index in [1.165, 1.54) is 11.8 Å². The van der Waals surface area contributed by atoms with E-state index in [2.05, 4.69) is 32.9 Å². The molecule has 0 aliphatic carbocycles. The number of aromatic nitrogens is 4. The molecule has 0 spiro atoms. The third-order valence-corrected chi connectivity index (χ3v) is 7.48. The topological polar surface area (TPSA) is 97.9 Å². The number of benzene rings is 1. The molecule has 1 aliphatic heterocycles. The minimum absolute atomic E-state index is 0.0420. The highest BCUT2D eigenvalue weighted by Crippen LogP contribution is 2.46. The van der Waals surface area contributed by atoms with Crippen LogP contribution in [0.3, 0.4) is 0 Å². The fourth-order valence-electron chi connectivity index (χ4n) is 3.14. The van der Waals surface area contributed by atoms with Crippen LogP contribution in [0.5, 0.6) is 0 Å². The van der Waals surface area contributed by atoms with E-state index < -0.39 is 0 Å². The lowest BCUT2D eigenvalue weighted by atomic mass is 10.2. The summed E-state index contributed by atoms with van der Waals surface area (Å²) in [7, 11) is 1.93. The number of thioether (sulfide) groups is 2. The Kier molecular flexibility index (Phi) is 6.37. The molecule has 3 aromatic rings. The summed E-state index contributed by atoms with van der Waals surface area (Å²) >= 11 is 8.96. The highest BCUT2D eigenvalue weighted by Gasteiger charge is 2.37. The Morgan fingerprint density at radius 3 is 2.83 bits per heavy atom. The largest absolute Gasteiger partial charge is 0.361 e. The average Bonchev–Trinajstić information content (AvgIpc) is 3.41. The van der Waals surface area contributed by atoms with Gasteiger partial charge in [0.15, 0.2) is 5.16 Å². The molecule has 30 heavy (non-hydrogen) atoms. The van der Waals surface area contributed by atoms with E-state index in [0.29, 0.717) is 15.9 Å². The first-order valence-electron chi connectivity index (χ1n) is 9.33. The third-order valence-electron chi connectivity index (χ3n) is 4.65. The fraction of sp³-hybridized carbons (Fsp3) is 0.368. The van der Waals surface area contributed by atoms with Crippen molar-refractivity contribution in [2.75, 3.05) is 11.1 Å². The van der Waals surface area contributed by atoms with Crippen LogP contribution in [0.25, 0.3) is 0 Å². The van der Waals surface area contributed by atoms with Gasteiger partial charge in [0.2, 0.25) is 5.91 Å². The summed E-state index contributed by atoms with van der Waals surface area (Å²) in [6.07, 6.45) is 0. The van der Waals surface area contributed by atoms with Crippen molar-refractivity contribution in [1.82, 2.24) is 25.2 Å². The number of nitrogens with zero attached hydrogens (tertiary/aromatic N) is 4. The summed E-state index contributed by atoms with van der Waals surface area (Å²) in [4.78, 5) is 12.2. The van der Waals surface area contributed by atoms with Crippen LogP contribution in [-0.4, -0.2) is 37.6 Å². The molecule has 1 aliphatic rings. The van der Waals surface area contributed by atoms with Gasteiger partial charge in [0.05, 0.1) is 11.0 Å². The summed E-state index contributed by atoms with van der Waals surface area (Å²) in [5.74, 6) is 1.78. The van der Waals surface area contributed by atoms with Crippen molar-refractivity contribution in [2.24, 2.45) is 7.05 Å². The molecule has 0 bridgehead atoms. The molecule has 3 atom stereocenters. The predicted molar refractivity (Wildman–Crippen MR) is 119 cm³/mol. The van der Waals surface area contributed by atoms with Crippen molar-refractivity contribution < 1.29 is 9.32 Å². The molecule has 2 aromatic heterocycles. The molecule has 1 fully saturated rings. The Hall–Kier alpha value is -2.01. The van der Waals surface area contributed by atoms with E-state index in [-0.39, 0.29) is 28.3 Å². The third kappa shape index (κ3) is 4.66. The number of anilines is 1. The van der Waals surface area contributed by atoms with Gasteiger partial charge in [-0.05, 0) is 38.1 Å². The molecule has 11 heteroatoms. The zero-order chi connectivity index (χ0) is 21.3. The minimum Gasteiger partial charge on any atom is -0.361 e. The number of amides is 1. The van der Waals surface area contributed by atoms with E-state index in [0.717, 1.165) is 17.3 Å². The maximum absolute atomic E-state index is 12.2. The van der Waals surface area contributed by atoms with Gasteiger partial charge in [-0.2, -0.15) is 0 Å². The number of hydrogen-bond acceptors (Lipinski definition) is 8. The molecule has 0 saturated carbocycles. The summed E-state index contributed by atoms with van der Waals surface area (Å²) in [6, 6.07) is 9.14. The standard InChI is InChI=1S/C19H21ClN6O2S2/c1-10-8-14(25-28-10)18-21-11(2)16(30-18)17-23-24-19(26(17)3)29-9-15(27)22-13-6-4-12(20)5-7-13/h4-8,11,16,18,21H,9H2,1-3H3,(H,22,27). The predicted octanol–water partition coefficient (Wildman–Crippen LogP) is 3.96. The summed E-state index contributed by atoms with van der Waals surface area (Å²) in [5, 5.41) is 20.7. The molecule has 1 aromatic carbocycles. The van der Waals surface area contributed by atoms with Crippen LogP contribution in [0.2, 0.25) is 5.02 Å². The summed E-state index contributed by atoms with van der Waals surface area (Å²) in [6.45, 7) is 4.00. The smallest absolute Gasteiger partial charge is 0.234 e. The molecule has 3 unspecified atom stereocenters. The zero-order valence-corrected chi connectivity index (χ0v) is 19.0. The van der Waals surface area contributed by atoms with Crippen LogP contribution >= 0.6 is 35.1 Å². The van der Waals surface area contributed by atoms with Gasteiger partial charge >= 0.3 is 0 Å². The Bertz CT molecular complexity index is 1040. The number of carbonyl (C=O) groups is 1. The number of carbonyl (C=O) groups excluding carboxylic acids is 1. The quantitative estimate of drug-likeness (QED) is 0.529. The van der Waals surface area contributed by atoms with Gasteiger partial charge in [-0.1, -0.05) is 28.5 Å². The first-order valence-corrected chi connectivity index (χ1v) is 11.6. The van der Waals surface area contributed by atoms with Crippen LogP contribution < -0.4 is 10.6 Å². The van der Waals surface area contributed by atoms with Crippen LogP contribution in [0, 0.1) is 6.92 Å². The SMILES string of the molecule is Cc1cc(C2NC(C)C(c3nnc(SCC(=O)Nc4ccc(Cl)cc4)n3C)S2)no1. The van der Waals surface area contributed by atoms with E-state index in [1.54, 1.807) is 36.0 Å². The number of nitrogens with one attached hydrogen (secondary N) is 2. The van der Waals surface area contributed by atoms with Crippen molar-refractivity contribution in [1.29, 1.82) is 0 Å². The minimum atomic E-state index is -0.112. The van der Waals surface area contributed by atoms with E-state index in [4.69, 9.17) is 16.1 Å². The van der Waals surface area contributed by atoms with Crippen LogP contribution in [0.1, 0.15) is 34.8 Å². The molecular weight excluding hydrogens is 444 g/mol. The zero-order valence-electron chi connectivity index (χ0n) is 16.6. The Labute approximate surface area is 187 Å². The van der Waals surface area contributed by atoms with Crippen molar-refractivity contribution in [2.45, 2.75) is 35.7 Å². The van der Waals surface area contributed by atoms with Crippen molar-refractivity contribution in [3.05, 3.63) is 52.6 Å². The molecule has 2 N–H and O–H groups in total. The first-order chi connectivity index (χ1) is 14.4. The molecule has 0 radical (unpaired) electrons. The Balaban J connectivity index is 1.37. The Morgan fingerprint density at radius 2 is 2.13 bits per heavy atom. The van der Waals surface area contributed by atoms with Gasteiger partial charge in [-0.25, -0.2) is 0 Å².